The third-order valence-electron chi connectivity index (χ3n) is 4.21. The average molecular weight is 410 g/mol. The molecule has 0 fully saturated rings. The number of hydrogen-bond donors (Lipinski definition) is 2. The Bertz CT molecular complexity index is 888. The molecule has 2 aromatic carbocycles. The molecule has 8 nitrogen and oxygen atoms in total. The number of aryl methyl sites for hydroxylation is 1. The fourth-order valence-electron chi connectivity index (χ4n) is 2.50. The fourth-order valence-corrected chi connectivity index (χ4v) is 2.50. The van der Waals surface area contributed by atoms with Gasteiger partial charge in [-0.2, -0.15) is 5.10 Å². The van der Waals surface area contributed by atoms with Crippen LogP contribution in [0.4, 0.5) is 5.69 Å². The van der Waals surface area contributed by atoms with Crippen molar-refractivity contribution >= 4 is 29.6 Å². The molecule has 0 radical (unpaired) electrons. The fraction of sp³-hybridized carbons (Fsp3) is 0.273. The lowest BCUT2D eigenvalue weighted by atomic mass is 10.2. The number of hydrazone groups is 1. The normalized spacial score (nSPS) is 10.5. The van der Waals surface area contributed by atoms with Gasteiger partial charge in [0.1, 0.15) is 5.75 Å². The molecule has 0 atom stereocenters. The number of benzene rings is 2. The predicted octanol–water partition coefficient (Wildman–Crippen LogP) is 2.33. The van der Waals surface area contributed by atoms with E-state index in [4.69, 9.17) is 4.74 Å². The first-order chi connectivity index (χ1) is 14.4. The SMILES string of the molecule is CCN(CC)C(=O)C(=O)N/N=C\c1ccc(OCC(=O)Nc2ccc(C)cc2)cc1. The van der Waals surface area contributed by atoms with Crippen molar-refractivity contribution in [1.29, 1.82) is 0 Å². The number of likely N-dealkylation sites (N-methyl/N-ethyl adjacent to an activating group) is 1. The van der Waals surface area contributed by atoms with Crippen LogP contribution in [0.25, 0.3) is 0 Å². The van der Waals surface area contributed by atoms with Crippen LogP contribution in [0.15, 0.2) is 53.6 Å². The van der Waals surface area contributed by atoms with E-state index in [1.165, 1.54) is 11.1 Å². The van der Waals surface area contributed by atoms with E-state index in [0.29, 0.717) is 30.1 Å². The Morgan fingerprint density at radius 3 is 2.23 bits per heavy atom. The van der Waals surface area contributed by atoms with Crippen LogP contribution in [0, 0.1) is 6.92 Å². The van der Waals surface area contributed by atoms with Gasteiger partial charge < -0.3 is 15.0 Å². The van der Waals surface area contributed by atoms with Crippen LogP contribution in [0.3, 0.4) is 0 Å². The van der Waals surface area contributed by atoms with Gasteiger partial charge in [0.15, 0.2) is 6.61 Å². The lowest BCUT2D eigenvalue weighted by Gasteiger charge is -2.16. The van der Waals surface area contributed by atoms with Crippen molar-refractivity contribution < 1.29 is 19.1 Å². The summed E-state index contributed by atoms with van der Waals surface area (Å²) >= 11 is 0. The van der Waals surface area contributed by atoms with Crippen LogP contribution in [0.1, 0.15) is 25.0 Å². The Morgan fingerprint density at radius 1 is 1.00 bits per heavy atom. The molecule has 0 saturated heterocycles. The topological polar surface area (TPSA) is 100 Å². The number of anilines is 1. The van der Waals surface area contributed by atoms with Crippen molar-refractivity contribution in [2.45, 2.75) is 20.8 Å². The second-order valence-electron chi connectivity index (χ2n) is 6.45. The van der Waals surface area contributed by atoms with Crippen molar-refractivity contribution in [3.8, 4) is 5.75 Å². The molecular formula is C22H26N4O4. The molecule has 2 N–H and O–H groups in total. The van der Waals surface area contributed by atoms with Crippen molar-refractivity contribution in [3.05, 3.63) is 59.7 Å². The van der Waals surface area contributed by atoms with Crippen LogP contribution >= 0.6 is 0 Å². The molecule has 0 aromatic heterocycles. The summed E-state index contributed by atoms with van der Waals surface area (Å²) in [7, 11) is 0. The van der Waals surface area contributed by atoms with Gasteiger partial charge in [0, 0.05) is 18.8 Å². The smallest absolute Gasteiger partial charge is 0.329 e. The zero-order chi connectivity index (χ0) is 21.9. The zero-order valence-electron chi connectivity index (χ0n) is 17.3. The van der Waals surface area contributed by atoms with Gasteiger partial charge in [-0.25, -0.2) is 5.43 Å². The van der Waals surface area contributed by atoms with Gasteiger partial charge in [-0.1, -0.05) is 17.7 Å². The second kappa shape index (κ2) is 11.4. The summed E-state index contributed by atoms with van der Waals surface area (Å²) < 4.78 is 5.47. The number of hydrogen-bond acceptors (Lipinski definition) is 5. The maximum Gasteiger partial charge on any atom is 0.329 e. The first kappa shape index (κ1) is 22.6. The van der Waals surface area contributed by atoms with Crippen molar-refractivity contribution in [3.63, 3.8) is 0 Å². The first-order valence-corrected chi connectivity index (χ1v) is 9.64. The minimum absolute atomic E-state index is 0.120. The molecule has 2 rings (SSSR count). The van der Waals surface area contributed by atoms with E-state index < -0.39 is 11.8 Å². The number of nitrogens with one attached hydrogen (secondary N) is 2. The summed E-state index contributed by atoms with van der Waals surface area (Å²) in [6.45, 7) is 6.36. The maximum atomic E-state index is 12.0. The summed E-state index contributed by atoms with van der Waals surface area (Å²) in [6, 6.07) is 14.3. The second-order valence-corrected chi connectivity index (χ2v) is 6.45. The Morgan fingerprint density at radius 2 is 1.63 bits per heavy atom. The molecule has 8 heteroatoms. The van der Waals surface area contributed by atoms with Gasteiger partial charge in [-0.3, -0.25) is 14.4 Å². The van der Waals surface area contributed by atoms with Crippen molar-refractivity contribution in [1.82, 2.24) is 10.3 Å². The van der Waals surface area contributed by atoms with Gasteiger partial charge >= 0.3 is 11.8 Å². The van der Waals surface area contributed by atoms with Gasteiger partial charge in [-0.05, 0) is 62.7 Å². The summed E-state index contributed by atoms with van der Waals surface area (Å²) in [5, 5.41) is 6.55. The molecule has 2 aromatic rings. The molecule has 158 valence electrons. The predicted molar refractivity (Wildman–Crippen MR) is 115 cm³/mol. The van der Waals surface area contributed by atoms with Crippen molar-refractivity contribution in [2.24, 2.45) is 5.10 Å². The Kier molecular flexibility index (Phi) is 8.56. The van der Waals surface area contributed by atoms with E-state index in [-0.39, 0.29) is 12.5 Å². The molecule has 0 heterocycles. The monoisotopic (exact) mass is 410 g/mol. The lowest BCUT2D eigenvalue weighted by molar-refractivity contribution is -0.145. The molecule has 0 aliphatic rings. The molecule has 0 unspecified atom stereocenters. The quantitative estimate of drug-likeness (QED) is 0.396. The molecule has 0 spiro atoms. The minimum atomic E-state index is -0.783. The largest absolute Gasteiger partial charge is 0.484 e. The van der Waals surface area contributed by atoms with E-state index in [1.807, 2.05) is 31.2 Å². The standard InChI is InChI=1S/C22H26N4O4/c1-4-26(5-2)22(29)21(28)25-23-14-17-8-12-19(13-9-17)30-15-20(27)24-18-10-6-16(3)7-11-18/h6-14H,4-5,15H2,1-3H3,(H,24,27)(H,25,28)/b23-14-. The highest BCUT2D eigenvalue weighted by atomic mass is 16.5. The zero-order valence-corrected chi connectivity index (χ0v) is 17.3. The van der Waals surface area contributed by atoms with Gasteiger partial charge in [-0.15, -0.1) is 0 Å². The van der Waals surface area contributed by atoms with Gasteiger partial charge in [0.25, 0.3) is 5.91 Å². The van der Waals surface area contributed by atoms with Gasteiger partial charge in [0.2, 0.25) is 0 Å². The summed E-state index contributed by atoms with van der Waals surface area (Å²) in [6.07, 6.45) is 1.42. The summed E-state index contributed by atoms with van der Waals surface area (Å²) in [5.41, 5.74) is 4.74. The van der Waals surface area contributed by atoms with Crippen molar-refractivity contribution in [2.75, 3.05) is 25.0 Å². The number of ether oxygens (including phenoxy) is 1. The molecular weight excluding hydrogens is 384 g/mol. The summed E-state index contributed by atoms with van der Waals surface area (Å²) in [4.78, 5) is 37.0. The number of nitrogens with zero attached hydrogens (tertiary/aromatic N) is 2. The molecule has 30 heavy (non-hydrogen) atoms. The van der Waals surface area contributed by atoms with Crippen LogP contribution in [0.2, 0.25) is 0 Å². The highest BCUT2D eigenvalue weighted by Crippen LogP contribution is 2.12. The minimum Gasteiger partial charge on any atom is -0.484 e. The average Bonchev–Trinajstić information content (AvgIpc) is 2.75. The third-order valence-corrected chi connectivity index (χ3v) is 4.21. The highest BCUT2D eigenvalue weighted by Gasteiger charge is 2.18. The molecule has 0 aliphatic carbocycles. The Hall–Kier alpha value is -3.68. The number of carbonyl (C=O) groups excluding carboxylic acids is 3. The van der Waals surface area contributed by atoms with Crippen LogP contribution in [-0.4, -0.2) is 48.5 Å². The van der Waals surface area contributed by atoms with Gasteiger partial charge in [0.05, 0.1) is 6.21 Å². The number of carbonyl (C=O) groups is 3. The third kappa shape index (κ3) is 7.05. The Balaban J connectivity index is 1.79. The highest BCUT2D eigenvalue weighted by molar-refractivity contribution is 6.34. The lowest BCUT2D eigenvalue weighted by Crippen LogP contribution is -2.41. The number of rotatable bonds is 8. The van der Waals surface area contributed by atoms with Crippen LogP contribution < -0.4 is 15.5 Å². The van der Waals surface area contributed by atoms with E-state index in [1.54, 1.807) is 38.1 Å². The van der Waals surface area contributed by atoms with E-state index in [0.717, 1.165) is 5.56 Å². The van der Waals surface area contributed by atoms with Crippen LogP contribution in [0.5, 0.6) is 5.75 Å². The maximum absolute atomic E-state index is 12.0. The molecule has 3 amide bonds. The first-order valence-electron chi connectivity index (χ1n) is 9.64. The summed E-state index contributed by atoms with van der Waals surface area (Å²) in [5.74, 6) is -1.14. The Labute approximate surface area is 175 Å². The van der Waals surface area contributed by atoms with E-state index >= 15 is 0 Å². The molecule has 0 saturated carbocycles. The number of amides is 3. The van der Waals surface area contributed by atoms with Crippen LogP contribution in [-0.2, 0) is 14.4 Å². The molecule has 0 bridgehead atoms. The van der Waals surface area contributed by atoms with E-state index in [9.17, 15) is 14.4 Å². The van der Waals surface area contributed by atoms with E-state index in [2.05, 4.69) is 15.8 Å². The molecule has 0 aliphatic heterocycles.